The van der Waals surface area contributed by atoms with Crippen LogP contribution in [-0.4, -0.2) is 19.2 Å². The van der Waals surface area contributed by atoms with Crippen molar-refractivity contribution in [1.29, 1.82) is 5.26 Å². The summed E-state index contributed by atoms with van der Waals surface area (Å²) in [5.74, 6) is -0.459. The molecule has 4 nitrogen and oxygen atoms in total. The fraction of sp³-hybridized carbons (Fsp3) is 0.200. The summed E-state index contributed by atoms with van der Waals surface area (Å²) in [6.07, 6.45) is 0. The van der Waals surface area contributed by atoms with E-state index in [9.17, 15) is 8.42 Å². The number of nitrogens with zero attached hydrogens (tertiary/aromatic N) is 1. The van der Waals surface area contributed by atoms with E-state index in [0.29, 0.717) is 11.1 Å². The van der Waals surface area contributed by atoms with E-state index in [4.69, 9.17) is 11.0 Å². The molecule has 84 valence electrons. The molecule has 0 atom stereocenters. The molecule has 0 aromatic heterocycles. The lowest BCUT2D eigenvalue weighted by atomic mass is 10.2. The highest BCUT2D eigenvalue weighted by atomic mass is 32.2. The van der Waals surface area contributed by atoms with Gasteiger partial charge in [0.25, 0.3) is 0 Å². The molecule has 0 fully saturated rings. The van der Waals surface area contributed by atoms with Gasteiger partial charge in [-0.2, -0.15) is 5.26 Å². The molecule has 1 aromatic carbocycles. The van der Waals surface area contributed by atoms with E-state index in [1.54, 1.807) is 18.2 Å². The minimum Gasteiger partial charge on any atom is -0.392 e. The molecule has 6 heteroatoms. The summed E-state index contributed by atoms with van der Waals surface area (Å²) in [4.78, 5) is -0.0450. The maximum atomic E-state index is 11.6. The van der Waals surface area contributed by atoms with Crippen molar-refractivity contribution in [2.45, 2.75) is 5.75 Å². The van der Waals surface area contributed by atoms with E-state index < -0.39 is 9.84 Å². The monoisotopic (exact) mass is 254 g/mol. The highest BCUT2D eigenvalue weighted by Crippen LogP contribution is 2.09. The van der Waals surface area contributed by atoms with Crippen LogP contribution in [0.3, 0.4) is 0 Å². The molecule has 0 spiro atoms. The van der Waals surface area contributed by atoms with Crippen LogP contribution in [0.15, 0.2) is 24.3 Å². The van der Waals surface area contributed by atoms with Crippen LogP contribution >= 0.6 is 12.2 Å². The van der Waals surface area contributed by atoms with Crippen LogP contribution in [0.25, 0.3) is 0 Å². The zero-order valence-corrected chi connectivity index (χ0v) is 10.0. The molecule has 1 rings (SSSR count). The SMILES string of the molecule is N#Cc1cccc(CS(=O)(=O)CC(N)=S)c1. The molecule has 1 aromatic rings. The first-order valence-corrected chi connectivity index (χ1v) is 6.64. The maximum absolute atomic E-state index is 11.6. The van der Waals surface area contributed by atoms with Crippen LogP contribution in [0.1, 0.15) is 11.1 Å². The fourth-order valence-corrected chi connectivity index (χ4v) is 3.01. The maximum Gasteiger partial charge on any atom is 0.160 e. The number of rotatable bonds is 4. The number of hydrogen-bond donors (Lipinski definition) is 1. The summed E-state index contributed by atoms with van der Waals surface area (Å²) in [6.45, 7) is 0. The van der Waals surface area contributed by atoms with Gasteiger partial charge in [0.15, 0.2) is 9.84 Å². The Morgan fingerprint density at radius 1 is 1.50 bits per heavy atom. The van der Waals surface area contributed by atoms with Crippen molar-refractivity contribution < 1.29 is 8.42 Å². The van der Waals surface area contributed by atoms with E-state index in [0.717, 1.165) is 0 Å². The van der Waals surface area contributed by atoms with Gasteiger partial charge in [-0.1, -0.05) is 24.4 Å². The van der Waals surface area contributed by atoms with E-state index in [2.05, 4.69) is 12.2 Å². The topological polar surface area (TPSA) is 84.0 Å². The van der Waals surface area contributed by atoms with Gasteiger partial charge in [0.05, 0.1) is 22.4 Å². The molecule has 0 unspecified atom stereocenters. The second-order valence-electron chi connectivity index (χ2n) is 3.31. The van der Waals surface area contributed by atoms with E-state index >= 15 is 0 Å². The lowest BCUT2D eigenvalue weighted by Gasteiger charge is -2.03. The van der Waals surface area contributed by atoms with Gasteiger partial charge >= 0.3 is 0 Å². The molecule has 0 radical (unpaired) electrons. The minimum atomic E-state index is -3.33. The number of sulfone groups is 1. The fourth-order valence-electron chi connectivity index (χ4n) is 1.25. The predicted octanol–water partition coefficient (Wildman–Crippen LogP) is 0.759. The number of nitrogens with two attached hydrogens (primary N) is 1. The summed E-state index contributed by atoms with van der Waals surface area (Å²) in [5.41, 5.74) is 6.19. The van der Waals surface area contributed by atoms with Gasteiger partial charge in [0, 0.05) is 0 Å². The molecule has 0 saturated heterocycles. The third-order valence-electron chi connectivity index (χ3n) is 1.80. The Labute approximate surface area is 99.6 Å². The van der Waals surface area contributed by atoms with E-state index in [1.807, 2.05) is 6.07 Å². The van der Waals surface area contributed by atoms with E-state index in [1.165, 1.54) is 6.07 Å². The van der Waals surface area contributed by atoms with Crippen LogP contribution < -0.4 is 5.73 Å². The number of thiocarbonyl (C=S) groups is 1. The van der Waals surface area contributed by atoms with Crippen molar-refractivity contribution in [2.75, 3.05) is 5.75 Å². The summed E-state index contributed by atoms with van der Waals surface area (Å²) in [7, 11) is -3.33. The Bertz CT molecular complexity index is 544. The molecule has 0 aliphatic carbocycles. The molecule has 0 saturated carbocycles. The number of nitriles is 1. The quantitative estimate of drug-likeness (QED) is 0.802. The summed E-state index contributed by atoms with van der Waals surface area (Å²) in [6, 6.07) is 8.40. The Kier molecular flexibility index (Phi) is 3.99. The molecular formula is C10H10N2O2S2. The summed E-state index contributed by atoms with van der Waals surface area (Å²) in [5, 5.41) is 8.67. The van der Waals surface area contributed by atoms with E-state index in [-0.39, 0.29) is 16.5 Å². The van der Waals surface area contributed by atoms with Gasteiger partial charge in [0.2, 0.25) is 0 Å². The molecule has 2 N–H and O–H groups in total. The smallest absolute Gasteiger partial charge is 0.160 e. The molecule has 16 heavy (non-hydrogen) atoms. The highest BCUT2D eigenvalue weighted by molar-refractivity contribution is 7.93. The Morgan fingerprint density at radius 3 is 2.75 bits per heavy atom. The molecule has 0 aliphatic rings. The molecule has 0 amide bonds. The average Bonchev–Trinajstić information content (AvgIpc) is 2.15. The molecule has 0 heterocycles. The third-order valence-corrected chi connectivity index (χ3v) is 3.66. The second-order valence-corrected chi connectivity index (χ2v) is 5.90. The molecule has 0 aliphatic heterocycles. The minimum absolute atomic E-state index is 0.0450. The predicted molar refractivity (Wildman–Crippen MR) is 65.4 cm³/mol. The molecule has 0 bridgehead atoms. The van der Waals surface area contributed by atoms with Crippen LogP contribution in [0.5, 0.6) is 0 Å². The number of benzene rings is 1. The zero-order valence-electron chi connectivity index (χ0n) is 8.38. The zero-order chi connectivity index (χ0) is 12.2. The first-order chi connectivity index (χ1) is 7.43. The second kappa shape index (κ2) is 5.05. The third kappa shape index (κ3) is 3.96. The lowest BCUT2D eigenvalue weighted by Crippen LogP contribution is -2.22. The average molecular weight is 254 g/mol. The van der Waals surface area contributed by atoms with Crippen molar-refractivity contribution in [3.63, 3.8) is 0 Å². The summed E-state index contributed by atoms with van der Waals surface area (Å²) < 4.78 is 23.1. The van der Waals surface area contributed by atoms with Crippen molar-refractivity contribution in [1.82, 2.24) is 0 Å². The van der Waals surface area contributed by atoms with Crippen LogP contribution in [0, 0.1) is 11.3 Å². The summed E-state index contributed by atoms with van der Waals surface area (Å²) >= 11 is 4.55. The largest absolute Gasteiger partial charge is 0.392 e. The Morgan fingerprint density at radius 2 is 2.19 bits per heavy atom. The lowest BCUT2D eigenvalue weighted by molar-refractivity contribution is 0.599. The Hall–Kier alpha value is -1.45. The highest BCUT2D eigenvalue weighted by Gasteiger charge is 2.13. The standard InChI is InChI=1S/C10H10N2O2S2/c11-5-8-2-1-3-9(4-8)6-16(13,14)7-10(12)15/h1-4H,6-7H2,(H2,12,15). The van der Waals surface area contributed by atoms with Crippen molar-refractivity contribution >= 4 is 27.0 Å². The van der Waals surface area contributed by atoms with Gasteiger partial charge in [0.1, 0.15) is 5.75 Å². The van der Waals surface area contributed by atoms with Gasteiger partial charge < -0.3 is 5.73 Å². The van der Waals surface area contributed by atoms with Gasteiger partial charge in [-0.25, -0.2) is 8.42 Å². The van der Waals surface area contributed by atoms with Crippen molar-refractivity contribution in [3.05, 3.63) is 35.4 Å². The van der Waals surface area contributed by atoms with Crippen LogP contribution in [0.2, 0.25) is 0 Å². The number of hydrogen-bond acceptors (Lipinski definition) is 4. The normalized spacial score (nSPS) is 10.7. The van der Waals surface area contributed by atoms with Crippen molar-refractivity contribution in [3.8, 4) is 6.07 Å². The van der Waals surface area contributed by atoms with Gasteiger partial charge in [-0.05, 0) is 17.7 Å². The van der Waals surface area contributed by atoms with Gasteiger partial charge in [-0.3, -0.25) is 0 Å². The Balaban J connectivity index is 2.89. The first kappa shape index (κ1) is 12.6. The van der Waals surface area contributed by atoms with Crippen LogP contribution in [0.4, 0.5) is 0 Å². The first-order valence-electron chi connectivity index (χ1n) is 4.41. The van der Waals surface area contributed by atoms with Crippen LogP contribution in [-0.2, 0) is 15.6 Å². The van der Waals surface area contributed by atoms with Gasteiger partial charge in [-0.15, -0.1) is 0 Å². The molecular weight excluding hydrogens is 244 g/mol. The van der Waals surface area contributed by atoms with Crippen molar-refractivity contribution in [2.24, 2.45) is 5.73 Å².